The van der Waals surface area contributed by atoms with E-state index in [1.54, 1.807) is 4.31 Å². The molecule has 2 heterocycles. The van der Waals surface area contributed by atoms with Crippen molar-refractivity contribution in [3.05, 3.63) is 61.3 Å². The van der Waals surface area contributed by atoms with E-state index < -0.39 is 10.0 Å². The number of hydrogen-bond acceptors (Lipinski definition) is 3. The minimum atomic E-state index is -3.16. The predicted octanol–water partition coefficient (Wildman–Crippen LogP) is 5.05. The Morgan fingerprint density at radius 2 is 1.79 bits per heavy atom. The molecule has 1 saturated heterocycles. The van der Waals surface area contributed by atoms with Crippen molar-refractivity contribution in [1.29, 1.82) is 0 Å². The summed E-state index contributed by atoms with van der Waals surface area (Å²) in [7, 11) is -3.16. The molecule has 28 heavy (non-hydrogen) atoms. The summed E-state index contributed by atoms with van der Waals surface area (Å²) in [4.78, 5) is 4.80. The normalized spacial score (nSPS) is 21.1. The van der Waals surface area contributed by atoms with Gasteiger partial charge in [-0.3, -0.25) is 4.98 Å². The third-order valence-electron chi connectivity index (χ3n) is 5.86. The van der Waals surface area contributed by atoms with Gasteiger partial charge in [0.15, 0.2) is 0 Å². The second-order valence-electron chi connectivity index (χ2n) is 7.64. The number of halogens is 3. The quantitative estimate of drug-likeness (QED) is 0.575. The summed E-state index contributed by atoms with van der Waals surface area (Å²) in [6.07, 6.45) is 6.43. The Labute approximate surface area is 184 Å². The van der Waals surface area contributed by atoms with Crippen LogP contribution in [0.4, 0.5) is 0 Å². The minimum Gasteiger partial charge on any atom is -0.259 e. The average Bonchev–Trinajstić information content (AvgIpc) is 2.78. The first kappa shape index (κ1) is 20.6. The van der Waals surface area contributed by atoms with Crippen LogP contribution in [0.25, 0.3) is 0 Å². The van der Waals surface area contributed by atoms with Gasteiger partial charge in [0.05, 0.1) is 11.9 Å². The molecule has 150 valence electrons. The second-order valence-corrected chi connectivity index (χ2v) is 11.4. The first-order chi connectivity index (χ1) is 13.2. The Morgan fingerprint density at radius 1 is 1.11 bits per heavy atom. The number of pyridine rings is 1. The molecule has 1 aromatic heterocycles. The molecule has 1 fully saturated rings. The SMILES string of the molecule is CS(=O)(=O)N1CCC([C@H]2c3ncc(Br)cc3CCc3cc(Cl)cc(Cl)c32)CC1. The molecule has 2 aliphatic rings. The maximum absolute atomic E-state index is 11.9. The summed E-state index contributed by atoms with van der Waals surface area (Å²) in [5, 5.41) is 1.32. The molecule has 0 saturated carbocycles. The molecule has 0 spiro atoms. The van der Waals surface area contributed by atoms with Crippen LogP contribution >= 0.6 is 39.1 Å². The lowest BCUT2D eigenvalue weighted by molar-refractivity contribution is 0.256. The molecule has 1 aliphatic heterocycles. The summed E-state index contributed by atoms with van der Waals surface area (Å²) >= 11 is 16.5. The number of sulfonamides is 1. The first-order valence-corrected chi connectivity index (χ1v) is 12.7. The van der Waals surface area contributed by atoms with Crippen molar-refractivity contribution in [1.82, 2.24) is 9.29 Å². The monoisotopic (exact) mass is 502 g/mol. The third kappa shape index (κ3) is 3.99. The molecule has 1 aliphatic carbocycles. The predicted molar refractivity (Wildman–Crippen MR) is 117 cm³/mol. The maximum atomic E-state index is 11.9. The molecule has 0 radical (unpaired) electrons. The number of aryl methyl sites for hydroxylation is 2. The maximum Gasteiger partial charge on any atom is 0.211 e. The van der Waals surface area contributed by atoms with Crippen LogP contribution in [-0.2, 0) is 22.9 Å². The molecule has 4 rings (SSSR count). The first-order valence-electron chi connectivity index (χ1n) is 9.31. The molecule has 0 bridgehead atoms. The van der Waals surface area contributed by atoms with Crippen LogP contribution in [0.2, 0.25) is 10.0 Å². The van der Waals surface area contributed by atoms with E-state index in [2.05, 4.69) is 22.0 Å². The summed E-state index contributed by atoms with van der Waals surface area (Å²) in [6.45, 7) is 1.07. The highest BCUT2D eigenvalue weighted by molar-refractivity contribution is 9.10. The van der Waals surface area contributed by atoms with Crippen LogP contribution in [0.5, 0.6) is 0 Å². The highest BCUT2D eigenvalue weighted by Gasteiger charge is 2.36. The molecule has 2 aromatic rings. The smallest absolute Gasteiger partial charge is 0.211 e. The average molecular weight is 504 g/mol. The van der Waals surface area contributed by atoms with Gasteiger partial charge in [0.1, 0.15) is 0 Å². The van der Waals surface area contributed by atoms with Crippen molar-refractivity contribution in [2.45, 2.75) is 31.6 Å². The topological polar surface area (TPSA) is 50.3 Å². The van der Waals surface area contributed by atoms with Gasteiger partial charge in [-0.25, -0.2) is 12.7 Å². The summed E-state index contributed by atoms with van der Waals surface area (Å²) in [5.41, 5.74) is 4.55. The highest BCUT2D eigenvalue weighted by Crippen LogP contribution is 2.46. The van der Waals surface area contributed by atoms with Crippen LogP contribution < -0.4 is 0 Å². The Kier molecular flexibility index (Phi) is 5.80. The summed E-state index contributed by atoms with van der Waals surface area (Å²) in [6, 6.07) is 5.97. The fraction of sp³-hybridized carbons (Fsp3) is 0.450. The zero-order chi connectivity index (χ0) is 20.1. The van der Waals surface area contributed by atoms with E-state index in [9.17, 15) is 8.42 Å². The van der Waals surface area contributed by atoms with Gasteiger partial charge in [-0.2, -0.15) is 0 Å². The van der Waals surface area contributed by atoms with E-state index in [0.717, 1.165) is 41.4 Å². The summed E-state index contributed by atoms with van der Waals surface area (Å²) < 4.78 is 26.4. The van der Waals surface area contributed by atoms with Crippen molar-refractivity contribution in [3.8, 4) is 0 Å². The fourth-order valence-electron chi connectivity index (χ4n) is 4.57. The van der Waals surface area contributed by atoms with Gasteiger partial charge in [0.2, 0.25) is 10.0 Å². The Hall–Kier alpha value is -0.660. The molecule has 0 N–H and O–H groups in total. The Bertz CT molecular complexity index is 1020. The van der Waals surface area contributed by atoms with Crippen LogP contribution in [0.3, 0.4) is 0 Å². The van der Waals surface area contributed by atoms with Crippen molar-refractivity contribution in [3.63, 3.8) is 0 Å². The number of nitrogens with zero attached hydrogens (tertiary/aromatic N) is 2. The molecule has 1 aromatic carbocycles. The number of piperidine rings is 1. The number of fused-ring (bicyclic) bond motifs is 2. The molecular formula is C20H21BrCl2N2O2S. The third-order valence-corrected chi connectivity index (χ3v) is 8.12. The molecule has 0 unspecified atom stereocenters. The largest absolute Gasteiger partial charge is 0.259 e. The van der Waals surface area contributed by atoms with Crippen molar-refractivity contribution < 1.29 is 8.42 Å². The van der Waals surface area contributed by atoms with Crippen LogP contribution in [0.15, 0.2) is 28.9 Å². The lowest BCUT2D eigenvalue weighted by atomic mass is 9.77. The second kappa shape index (κ2) is 7.88. The zero-order valence-corrected chi connectivity index (χ0v) is 19.4. The number of benzene rings is 1. The molecule has 0 amide bonds. The van der Waals surface area contributed by atoms with Gasteiger partial charge >= 0.3 is 0 Å². The van der Waals surface area contributed by atoms with E-state index in [0.29, 0.717) is 23.1 Å². The minimum absolute atomic E-state index is 0.0482. The van der Waals surface area contributed by atoms with Gasteiger partial charge in [0.25, 0.3) is 0 Å². The number of aromatic nitrogens is 1. The van der Waals surface area contributed by atoms with E-state index in [4.69, 9.17) is 28.2 Å². The molecular weight excluding hydrogens is 483 g/mol. The lowest BCUT2D eigenvalue weighted by Crippen LogP contribution is -2.39. The van der Waals surface area contributed by atoms with E-state index >= 15 is 0 Å². The zero-order valence-electron chi connectivity index (χ0n) is 15.5. The van der Waals surface area contributed by atoms with Gasteiger partial charge < -0.3 is 0 Å². The van der Waals surface area contributed by atoms with E-state index in [1.165, 1.54) is 17.4 Å². The van der Waals surface area contributed by atoms with Crippen molar-refractivity contribution in [2.75, 3.05) is 19.3 Å². The lowest BCUT2D eigenvalue weighted by Gasteiger charge is -2.36. The van der Waals surface area contributed by atoms with Gasteiger partial charge in [-0.1, -0.05) is 23.2 Å². The molecule has 8 heteroatoms. The highest BCUT2D eigenvalue weighted by atomic mass is 79.9. The van der Waals surface area contributed by atoms with Crippen LogP contribution in [0, 0.1) is 5.92 Å². The van der Waals surface area contributed by atoms with Crippen LogP contribution in [0.1, 0.15) is 41.1 Å². The Balaban J connectivity index is 1.79. The summed E-state index contributed by atoms with van der Waals surface area (Å²) in [5.74, 6) is 0.327. The number of hydrogen-bond donors (Lipinski definition) is 0. The molecule has 1 atom stereocenters. The Morgan fingerprint density at radius 3 is 2.46 bits per heavy atom. The number of rotatable bonds is 2. The standard InChI is InChI=1S/C20H21BrCl2N2O2S/c1-28(26,27)25-6-4-12(5-7-25)19-18-13(9-16(22)10-17(18)23)2-3-14-8-15(21)11-24-20(14)19/h8-12,19H,2-7H2,1H3/t19-/m1/s1. The van der Waals surface area contributed by atoms with Crippen molar-refractivity contribution >= 4 is 49.2 Å². The molecule has 4 nitrogen and oxygen atoms in total. The van der Waals surface area contributed by atoms with Gasteiger partial charge in [-0.15, -0.1) is 0 Å². The van der Waals surface area contributed by atoms with E-state index in [-0.39, 0.29) is 11.8 Å². The van der Waals surface area contributed by atoms with E-state index in [1.807, 2.05) is 18.3 Å². The fourth-order valence-corrected chi connectivity index (χ4v) is 6.48. The van der Waals surface area contributed by atoms with Gasteiger partial charge in [-0.05, 0) is 82.4 Å². The van der Waals surface area contributed by atoms with Crippen LogP contribution in [-0.4, -0.2) is 37.1 Å². The van der Waals surface area contributed by atoms with Gasteiger partial charge in [0, 0.05) is 39.7 Å². The van der Waals surface area contributed by atoms with Crippen molar-refractivity contribution in [2.24, 2.45) is 5.92 Å².